The first-order chi connectivity index (χ1) is 11.2. The molecule has 24 heavy (non-hydrogen) atoms. The quantitative estimate of drug-likeness (QED) is 0.757. The second kappa shape index (κ2) is 7.51. The van der Waals surface area contributed by atoms with E-state index in [-0.39, 0.29) is 23.8 Å². The lowest BCUT2D eigenvalue weighted by atomic mass is 9.95. The predicted molar refractivity (Wildman–Crippen MR) is 91.2 cm³/mol. The van der Waals surface area contributed by atoms with Crippen molar-refractivity contribution in [2.24, 2.45) is 5.41 Å². The van der Waals surface area contributed by atoms with Crippen LogP contribution in [0.5, 0.6) is 0 Å². The fraction of sp³-hybridized carbons (Fsp3) is 0.824. The van der Waals surface area contributed by atoms with Crippen molar-refractivity contribution in [2.45, 2.75) is 52.6 Å². The largest absolute Gasteiger partial charge is 0.344 e. The molecule has 2 N–H and O–H groups in total. The first-order valence-corrected chi connectivity index (χ1v) is 8.80. The Morgan fingerprint density at radius 2 is 2.00 bits per heavy atom. The first kappa shape index (κ1) is 18.7. The van der Waals surface area contributed by atoms with E-state index in [1.54, 1.807) is 11.8 Å². The third kappa shape index (κ3) is 4.47. The average Bonchev–Trinajstić information content (AvgIpc) is 2.53. The van der Waals surface area contributed by atoms with E-state index in [0.717, 1.165) is 19.4 Å². The molecule has 0 saturated carbocycles. The number of nitrogens with one attached hydrogen (secondary N) is 2. The zero-order chi connectivity index (χ0) is 17.9. The fourth-order valence-corrected chi connectivity index (χ4v) is 3.17. The molecule has 0 spiro atoms. The molecule has 0 aliphatic carbocycles. The molecule has 136 valence electrons. The van der Waals surface area contributed by atoms with Crippen molar-refractivity contribution in [3.63, 3.8) is 0 Å². The maximum absolute atomic E-state index is 12.7. The van der Waals surface area contributed by atoms with Crippen molar-refractivity contribution in [1.29, 1.82) is 0 Å². The van der Waals surface area contributed by atoms with Gasteiger partial charge in [0.25, 0.3) is 0 Å². The molecule has 2 aliphatic rings. The van der Waals surface area contributed by atoms with Crippen LogP contribution in [-0.2, 0) is 14.4 Å². The van der Waals surface area contributed by atoms with Gasteiger partial charge in [-0.3, -0.25) is 14.4 Å². The number of nitrogens with zero attached hydrogens (tertiary/aromatic N) is 2. The Morgan fingerprint density at radius 3 is 2.62 bits per heavy atom. The van der Waals surface area contributed by atoms with Crippen molar-refractivity contribution in [3.05, 3.63) is 0 Å². The second-order valence-electron chi connectivity index (χ2n) is 7.79. The Bertz CT molecular complexity index is 501. The standard InChI is InChI=1S/C17H30N4O3/c1-12(19-16(24)17(2,3)4)15(23)20-8-5-6-13(11-20)21-9-7-18-10-14(21)22/h12-13,18H,5-11H2,1-4H3,(H,19,24). The molecule has 7 heteroatoms. The lowest BCUT2D eigenvalue weighted by Gasteiger charge is -2.41. The van der Waals surface area contributed by atoms with Crippen molar-refractivity contribution in [3.8, 4) is 0 Å². The molecule has 2 saturated heterocycles. The molecule has 0 aromatic carbocycles. The lowest BCUT2D eigenvalue weighted by molar-refractivity contribution is -0.142. The summed E-state index contributed by atoms with van der Waals surface area (Å²) in [5.74, 6) is -0.0938. The average molecular weight is 338 g/mol. The van der Waals surface area contributed by atoms with Crippen LogP contribution in [0, 0.1) is 5.41 Å². The summed E-state index contributed by atoms with van der Waals surface area (Å²) in [7, 11) is 0. The minimum absolute atomic E-state index is 0.0696. The number of piperidine rings is 1. The van der Waals surface area contributed by atoms with Crippen LogP contribution in [-0.4, -0.2) is 72.3 Å². The van der Waals surface area contributed by atoms with E-state index < -0.39 is 11.5 Å². The second-order valence-corrected chi connectivity index (χ2v) is 7.79. The van der Waals surface area contributed by atoms with Crippen LogP contribution in [0.1, 0.15) is 40.5 Å². The molecule has 2 unspecified atom stereocenters. The zero-order valence-corrected chi connectivity index (χ0v) is 15.2. The third-order valence-electron chi connectivity index (χ3n) is 4.67. The molecule has 0 aromatic rings. The number of hydrogen-bond donors (Lipinski definition) is 2. The van der Waals surface area contributed by atoms with Crippen molar-refractivity contribution < 1.29 is 14.4 Å². The molecule has 0 aromatic heterocycles. The molecule has 7 nitrogen and oxygen atoms in total. The third-order valence-corrected chi connectivity index (χ3v) is 4.67. The van der Waals surface area contributed by atoms with Crippen LogP contribution in [0.4, 0.5) is 0 Å². The maximum atomic E-state index is 12.7. The van der Waals surface area contributed by atoms with Gasteiger partial charge in [0.15, 0.2) is 0 Å². The van der Waals surface area contributed by atoms with Crippen LogP contribution < -0.4 is 10.6 Å². The van der Waals surface area contributed by atoms with Crippen molar-refractivity contribution in [2.75, 3.05) is 32.7 Å². The Morgan fingerprint density at radius 1 is 1.29 bits per heavy atom. The highest BCUT2D eigenvalue weighted by atomic mass is 16.2. The maximum Gasteiger partial charge on any atom is 0.244 e. The van der Waals surface area contributed by atoms with Gasteiger partial charge in [0.2, 0.25) is 17.7 Å². The zero-order valence-electron chi connectivity index (χ0n) is 15.2. The Hall–Kier alpha value is -1.63. The van der Waals surface area contributed by atoms with Crippen LogP contribution in [0.2, 0.25) is 0 Å². The normalized spacial score (nSPS) is 23.8. The highest BCUT2D eigenvalue weighted by molar-refractivity contribution is 5.89. The van der Waals surface area contributed by atoms with E-state index in [1.165, 1.54) is 0 Å². The molecular weight excluding hydrogens is 308 g/mol. The van der Waals surface area contributed by atoms with Gasteiger partial charge in [-0.05, 0) is 19.8 Å². The van der Waals surface area contributed by atoms with Gasteiger partial charge in [0.1, 0.15) is 6.04 Å². The molecule has 3 amide bonds. The topological polar surface area (TPSA) is 81.8 Å². The highest BCUT2D eigenvalue weighted by Gasteiger charge is 2.34. The smallest absolute Gasteiger partial charge is 0.244 e. The van der Waals surface area contributed by atoms with Gasteiger partial charge >= 0.3 is 0 Å². The van der Waals surface area contributed by atoms with E-state index in [9.17, 15) is 14.4 Å². The van der Waals surface area contributed by atoms with Crippen LogP contribution >= 0.6 is 0 Å². The monoisotopic (exact) mass is 338 g/mol. The Kier molecular flexibility index (Phi) is 5.85. The lowest BCUT2D eigenvalue weighted by Crippen LogP contribution is -2.59. The van der Waals surface area contributed by atoms with Crippen LogP contribution in [0.3, 0.4) is 0 Å². The molecule has 2 rings (SSSR count). The molecule has 2 heterocycles. The summed E-state index contributed by atoms with van der Waals surface area (Å²) in [6.07, 6.45) is 1.81. The summed E-state index contributed by atoms with van der Waals surface area (Å²) in [5, 5.41) is 5.87. The number of amides is 3. The molecule has 2 aliphatic heterocycles. The van der Waals surface area contributed by atoms with Gasteiger partial charge in [-0.2, -0.15) is 0 Å². The van der Waals surface area contributed by atoms with Gasteiger partial charge in [-0.1, -0.05) is 20.8 Å². The molecule has 0 bridgehead atoms. The van der Waals surface area contributed by atoms with Gasteiger partial charge in [0.05, 0.1) is 6.54 Å². The predicted octanol–water partition coefficient (Wildman–Crippen LogP) is -0.0400. The minimum Gasteiger partial charge on any atom is -0.344 e. The minimum atomic E-state index is -0.547. The van der Waals surface area contributed by atoms with E-state index in [1.807, 2.05) is 25.7 Å². The number of carbonyl (C=O) groups is 3. The first-order valence-electron chi connectivity index (χ1n) is 8.80. The van der Waals surface area contributed by atoms with Gasteiger partial charge in [0, 0.05) is 37.6 Å². The summed E-state index contributed by atoms with van der Waals surface area (Å²) in [6, 6.07) is -0.461. The van der Waals surface area contributed by atoms with E-state index in [4.69, 9.17) is 0 Å². The van der Waals surface area contributed by atoms with Crippen molar-refractivity contribution >= 4 is 17.7 Å². The molecule has 2 fully saturated rings. The van der Waals surface area contributed by atoms with E-state index in [0.29, 0.717) is 26.2 Å². The highest BCUT2D eigenvalue weighted by Crippen LogP contribution is 2.18. The molecular formula is C17H30N4O3. The summed E-state index contributed by atoms with van der Waals surface area (Å²) >= 11 is 0. The number of likely N-dealkylation sites (tertiary alicyclic amines) is 1. The van der Waals surface area contributed by atoms with Crippen LogP contribution in [0.15, 0.2) is 0 Å². The number of hydrogen-bond acceptors (Lipinski definition) is 4. The summed E-state index contributed by atoms with van der Waals surface area (Å²) in [6.45, 7) is 10.3. The van der Waals surface area contributed by atoms with E-state index in [2.05, 4.69) is 10.6 Å². The number of rotatable bonds is 3. The van der Waals surface area contributed by atoms with E-state index >= 15 is 0 Å². The summed E-state index contributed by atoms with van der Waals surface area (Å²) in [5.41, 5.74) is -0.522. The SMILES string of the molecule is CC(NC(=O)C(C)(C)C)C(=O)N1CCCC(N2CCNCC2=O)C1. The Balaban J connectivity index is 1.94. The number of carbonyl (C=O) groups excluding carboxylic acids is 3. The molecule has 2 atom stereocenters. The number of piperazine rings is 1. The van der Waals surface area contributed by atoms with Gasteiger partial charge < -0.3 is 20.4 Å². The van der Waals surface area contributed by atoms with Gasteiger partial charge in [-0.25, -0.2) is 0 Å². The van der Waals surface area contributed by atoms with Crippen molar-refractivity contribution in [1.82, 2.24) is 20.4 Å². The van der Waals surface area contributed by atoms with Crippen LogP contribution in [0.25, 0.3) is 0 Å². The fourth-order valence-electron chi connectivity index (χ4n) is 3.17. The summed E-state index contributed by atoms with van der Waals surface area (Å²) in [4.78, 5) is 40.5. The Labute approximate surface area is 144 Å². The van der Waals surface area contributed by atoms with Gasteiger partial charge in [-0.15, -0.1) is 0 Å². The molecule has 0 radical (unpaired) electrons. The summed E-state index contributed by atoms with van der Waals surface area (Å²) < 4.78 is 0.